The fourth-order valence-corrected chi connectivity index (χ4v) is 1.90. The molecule has 0 N–H and O–H groups in total. The molecule has 0 spiro atoms. The van der Waals surface area contributed by atoms with Crippen molar-refractivity contribution < 1.29 is 9.53 Å². The van der Waals surface area contributed by atoms with Crippen molar-refractivity contribution in [2.75, 3.05) is 6.61 Å². The van der Waals surface area contributed by atoms with Crippen LogP contribution in [0, 0.1) is 11.8 Å². The van der Waals surface area contributed by atoms with Crippen LogP contribution in [0.1, 0.15) is 60.3 Å². The molecular weight excluding hydrogens is 236 g/mol. The van der Waals surface area contributed by atoms with Gasteiger partial charge in [-0.2, -0.15) is 0 Å². The number of allylic oxidation sites excluding steroid dienone is 3. The van der Waals surface area contributed by atoms with Crippen LogP contribution in [0.25, 0.3) is 0 Å². The predicted octanol–water partition coefficient (Wildman–Crippen LogP) is 4.90. The van der Waals surface area contributed by atoms with Crippen LogP contribution in [-0.2, 0) is 9.53 Å². The van der Waals surface area contributed by atoms with Gasteiger partial charge in [0.2, 0.25) is 0 Å². The monoisotopic (exact) mass is 266 g/mol. The molecule has 0 fully saturated rings. The molecule has 1 atom stereocenters. The first-order valence-corrected chi connectivity index (χ1v) is 7.47. The number of carbonyl (C=O) groups is 1. The number of esters is 1. The maximum Gasteiger partial charge on any atom is 0.330 e. The van der Waals surface area contributed by atoms with Crippen LogP contribution in [0.3, 0.4) is 0 Å². The number of hydrogen-bond acceptors (Lipinski definition) is 2. The smallest absolute Gasteiger partial charge is 0.330 e. The van der Waals surface area contributed by atoms with E-state index in [2.05, 4.69) is 26.8 Å². The molecule has 0 aromatic carbocycles. The Morgan fingerprint density at radius 1 is 1.21 bits per heavy atom. The van der Waals surface area contributed by atoms with E-state index in [4.69, 9.17) is 4.74 Å². The Labute approximate surface area is 118 Å². The summed E-state index contributed by atoms with van der Waals surface area (Å²) in [4.78, 5) is 11.2. The third-order valence-corrected chi connectivity index (χ3v) is 3.03. The summed E-state index contributed by atoms with van der Waals surface area (Å²) in [6.07, 6.45) is 10.7. The van der Waals surface area contributed by atoms with Gasteiger partial charge in [0.15, 0.2) is 0 Å². The quantitative estimate of drug-likeness (QED) is 0.337. The van der Waals surface area contributed by atoms with E-state index >= 15 is 0 Å². The molecule has 0 radical (unpaired) electrons. The van der Waals surface area contributed by atoms with Crippen molar-refractivity contribution in [3.63, 3.8) is 0 Å². The summed E-state index contributed by atoms with van der Waals surface area (Å²) in [6.45, 7) is 11.0. The topological polar surface area (TPSA) is 26.3 Å². The zero-order valence-corrected chi connectivity index (χ0v) is 13.2. The van der Waals surface area contributed by atoms with Gasteiger partial charge in [0, 0.05) is 6.08 Å². The van der Waals surface area contributed by atoms with Crippen molar-refractivity contribution in [1.82, 2.24) is 0 Å². The van der Waals surface area contributed by atoms with Gasteiger partial charge in [-0.1, -0.05) is 52.2 Å². The van der Waals surface area contributed by atoms with E-state index in [0.29, 0.717) is 12.5 Å². The van der Waals surface area contributed by atoms with Crippen LogP contribution in [0.15, 0.2) is 23.8 Å². The molecule has 2 nitrogen and oxygen atoms in total. The first kappa shape index (κ1) is 17.9. The third-order valence-electron chi connectivity index (χ3n) is 3.03. The van der Waals surface area contributed by atoms with Crippen molar-refractivity contribution in [3.05, 3.63) is 23.8 Å². The van der Waals surface area contributed by atoms with Gasteiger partial charge in [-0.3, -0.25) is 0 Å². The number of ether oxygens (including phenoxy) is 1. The van der Waals surface area contributed by atoms with Crippen LogP contribution in [0.5, 0.6) is 0 Å². The summed E-state index contributed by atoms with van der Waals surface area (Å²) in [5, 5.41) is 0. The van der Waals surface area contributed by atoms with Gasteiger partial charge in [-0.15, -0.1) is 0 Å². The highest BCUT2D eigenvalue weighted by molar-refractivity contribution is 5.83. The van der Waals surface area contributed by atoms with Crippen molar-refractivity contribution in [3.8, 4) is 0 Å². The second-order valence-corrected chi connectivity index (χ2v) is 5.71. The van der Waals surface area contributed by atoms with E-state index in [-0.39, 0.29) is 5.97 Å². The maximum absolute atomic E-state index is 11.2. The Hall–Kier alpha value is -1.05. The minimum absolute atomic E-state index is 0.255. The summed E-state index contributed by atoms with van der Waals surface area (Å²) < 4.78 is 4.87. The van der Waals surface area contributed by atoms with Crippen molar-refractivity contribution in [2.45, 2.75) is 60.3 Å². The number of rotatable bonds is 9. The summed E-state index contributed by atoms with van der Waals surface area (Å²) in [7, 11) is 0. The van der Waals surface area contributed by atoms with Gasteiger partial charge < -0.3 is 4.74 Å². The molecule has 2 heteroatoms. The highest BCUT2D eigenvalue weighted by Crippen LogP contribution is 2.15. The third kappa shape index (κ3) is 11.8. The second-order valence-electron chi connectivity index (χ2n) is 5.71. The van der Waals surface area contributed by atoms with Crippen LogP contribution in [0.4, 0.5) is 0 Å². The first-order valence-electron chi connectivity index (χ1n) is 7.47. The number of hydrogen-bond donors (Lipinski definition) is 0. The van der Waals surface area contributed by atoms with E-state index < -0.39 is 0 Å². The molecular formula is C17H30O2. The molecule has 0 aliphatic heterocycles. The summed E-state index contributed by atoms with van der Waals surface area (Å²) in [5.41, 5.74) is 0.952. The van der Waals surface area contributed by atoms with Gasteiger partial charge in [-0.05, 0) is 37.7 Å². The van der Waals surface area contributed by atoms with Gasteiger partial charge >= 0.3 is 5.97 Å². The lowest BCUT2D eigenvalue weighted by Gasteiger charge is -2.09. The predicted molar refractivity (Wildman–Crippen MR) is 82.0 cm³/mol. The van der Waals surface area contributed by atoms with Crippen LogP contribution >= 0.6 is 0 Å². The summed E-state index contributed by atoms with van der Waals surface area (Å²) >= 11 is 0. The Morgan fingerprint density at radius 2 is 1.89 bits per heavy atom. The molecule has 0 saturated carbocycles. The standard InChI is InChI=1S/C17H30O2/c1-6-19-17(18)13-16(5)12-8-11-15(4)10-7-9-14(2)3/h8,12-15H,6-7,9-11H2,1-5H3/b12-8+,16-13+/t15-/m0/s1. The molecule has 0 aromatic heterocycles. The lowest BCUT2D eigenvalue weighted by Crippen LogP contribution is -1.99. The second kappa shape index (κ2) is 10.8. The highest BCUT2D eigenvalue weighted by Gasteiger charge is 2.01. The Kier molecular flexibility index (Phi) is 10.2. The summed E-state index contributed by atoms with van der Waals surface area (Å²) in [6, 6.07) is 0. The first-order chi connectivity index (χ1) is 8.95. The van der Waals surface area contributed by atoms with Crippen LogP contribution < -0.4 is 0 Å². The molecule has 0 rings (SSSR count). The minimum atomic E-state index is -0.255. The molecule has 0 saturated heterocycles. The Morgan fingerprint density at radius 3 is 2.47 bits per heavy atom. The van der Waals surface area contributed by atoms with E-state index in [9.17, 15) is 4.79 Å². The molecule has 0 aliphatic carbocycles. The SMILES string of the molecule is CCOC(=O)/C=C(C)/C=C/C[C@@H](C)CCCC(C)C. The van der Waals surface area contributed by atoms with Gasteiger partial charge in [0.05, 0.1) is 6.61 Å². The number of carbonyl (C=O) groups excluding carboxylic acids is 1. The molecule has 0 aliphatic rings. The minimum Gasteiger partial charge on any atom is -0.463 e. The Balaban J connectivity index is 3.90. The van der Waals surface area contributed by atoms with Gasteiger partial charge in [0.1, 0.15) is 0 Å². The fraction of sp³-hybridized carbons (Fsp3) is 0.706. The van der Waals surface area contributed by atoms with Gasteiger partial charge in [-0.25, -0.2) is 4.79 Å². The van der Waals surface area contributed by atoms with Crippen LogP contribution in [0.2, 0.25) is 0 Å². The lowest BCUT2D eigenvalue weighted by atomic mass is 9.97. The molecule has 0 aromatic rings. The molecule has 19 heavy (non-hydrogen) atoms. The average molecular weight is 266 g/mol. The average Bonchev–Trinajstić information content (AvgIpc) is 2.28. The van der Waals surface area contributed by atoms with Crippen molar-refractivity contribution >= 4 is 5.97 Å². The molecule has 0 heterocycles. The summed E-state index contributed by atoms with van der Waals surface area (Å²) in [5.74, 6) is 1.26. The van der Waals surface area contributed by atoms with Crippen LogP contribution in [-0.4, -0.2) is 12.6 Å². The maximum atomic E-state index is 11.2. The van der Waals surface area contributed by atoms with E-state index in [1.165, 1.54) is 19.3 Å². The normalized spacial score (nSPS) is 14.1. The zero-order chi connectivity index (χ0) is 14.7. The fourth-order valence-electron chi connectivity index (χ4n) is 1.90. The molecule has 110 valence electrons. The largest absolute Gasteiger partial charge is 0.463 e. The highest BCUT2D eigenvalue weighted by atomic mass is 16.5. The van der Waals surface area contributed by atoms with E-state index in [0.717, 1.165) is 17.9 Å². The lowest BCUT2D eigenvalue weighted by molar-refractivity contribution is -0.137. The molecule has 0 amide bonds. The van der Waals surface area contributed by atoms with Crippen molar-refractivity contribution in [1.29, 1.82) is 0 Å². The zero-order valence-electron chi connectivity index (χ0n) is 13.2. The Bertz CT molecular complexity index is 300. The van der Waals surface area contributed by atoms with E-state index in [1.54, 1.807) is 6.08 Å². The van der Waals surface area contributed by atoms with Crippen molar-refractivity contribution in [2.24, 2.45) is 11.8 Å². The van der Waals surface area contributed by atoms with Gasteiger partial charge in [0.25, 0.3) is 0 Å². The molecule has 0 unspecified atom stereocenters. The van der Waals surface area contributed by atoms with E-state index in [1.807, 2.05) is 19.9 Å². The molecule has 0 bridgehead atoms.